The minimum atomic E-state index is -0.108. The lowest BCUT2D eigenvalue weighted by Crippen LogP contribution is -2.17. The van der Waals surface area contributed by atoms with Crippen LogP contribution in [0, 0.1) is 5.92 Å². The average molecular weight is 271 g/mol. The lowest BCUT2D eigenvalue weighted by molar-refractivity contribution is 0.0714. The van der Waals surface area contributed by atoms with E-state index in [1.54, 1.807) is 0 Å². The third-order valence-electron chi connectivity index (χ3n) is 3.40. The van der Waals surface area contributed by atoms with Gasteiger partial charge in [-0.15, -0.1) is 0 Å². The van der Waals surface area contributed by atoms with Crippen LogP contribution in [-0.2, 0) is 4.74 Å². The van der Waals surface area contributed by atoms with Crippen molar-refractivity contribution in [2.75, 3.05) is 26.4 Å². The molecular weight excluding hydrogens is 256 g/mol. The molecule has 0 radical (unpaired) electrons. The molecule has 2 aliphatic rings. The molecule has 2 heterocycles. The number of rotatable bonds is 2. The quantitative estimate of drug-likeness (QED) is 0.895. The van der Waals surface area contributed by atoms with Crippen LogP contribution >= 0.6 is 11.6 Å². The Balaban J connectivity index is 1.95. The standard InChI is InChI=1S/C13H15ClO4/c14-10-5-9(12-8(7-15)1-2-17-12)6-11-13(10)18-4-3-16-11/h5-6,8,12,15H,1-4,7H2. The number of aliphatic hydroxyl groups is 1. The fraction of sp³-hybridized carbons (Fsp3) is 0.538. The number of fused-ring (bicyclic) bond motifs is 1. The normalized spacial score (nSPS) is 26.3. The molecule has 3 rings (SSSR count). The monoisotopic (exact) mass is 270 g/mol. The highest BCUT2D eigenvalue weighted by atomic mass is 35.5. The Kier molecular flexibility index (Phi) is 3.33. The molecule has 2 atom stereocenters. The largest absolute Gasteiger partial charge is 0.486 e. The Labute approximate surface area is 110 Å². The van der Waals surface area contributed by atoms with E-state index in [4.69, 9.17) is 25.8 Å². The number of aliphatic hydroxyl groups excluding tert-OH is 1. The van der Waals surface area contributed by atoms with Gasteiger partial charge in [-0.3, -0.25) is 0 Å². The molecule has 2 aliphatic heterocycles. The summed E-state index contributed by atoms with van der Waals surface area (Å²) < 4.78 is 16.7. The summed E-state index contributed by atoms with van der Waals surface area (Å²) in [5, 5.41) is 9.87. The number of benzene rings is 1. The Morgan fingerprint density at radius 2 is 2.06 bits per heavy atom. The molecule has 4 nitrogen and oxygen atoms in total. The zero-order chi connectivity index (χ0) is 12.5. The van der Waals surface area contributed by atoms with Crippen molar-refractivity contribution < 1.29 is 19.3 Å². The molecule has 1 saturated heterocycles. The average Bonchev–Trinajstić information content (AvgIpc) is 2.87. The van der Waals surface area contributed by atoms with Gasteiger partial charge in [0, 0.05) is 19.1 Å². The topological polar surface area (TPSA) is 47.9 Å². The molecule has 0 saturated carbocycles. The third kappa shape index (κ3) is 2.05. The van der Waals surface area contributed by atoms with E-state index in [2.05, 4.69) is 0 Å². The summed E-state index contributed by atoms with van der Waals surface area (Å²) in [5.41, 5.74) is 0.945. The van der Waals surface area contributed by atoms with Gasteiger partial charge in [-0.05, 0) is 24.1 Å². The van der Waals surface area contributed by atoms with Gasteiger partial charge in [-0.2, -0.15) is 0 Å². The van der Waals surface area contributed by atoms with Crippen LogP contribution in [0.2, 0.25) is 5.02 Å². The number of ether oxygens (including phenoxy) is 3. The van der Waals surface area contributed by atoms with E-state index in [0.29, 0.717) is 36.3 Å². The summed E-state index contributed by atoms with van der Waals surface area (Å²) in [6, 6.07) is 3.74. The van der Waals surface area contributed by atoms with Crippen LogP contribution in [0.4, 0.5) is 0 Å². The minimum Gasteiger partial charge on any atom is -0.486 e. The molecular formula is C13H15ClO4. The summed E-state index contributed by atoms with van der Waals surface area (Å²) in [6.45, 7) is 1.84. The van der Waals surface area contributed by atoms with Crippen molar-refractivity contribution in [1.29, 1.82) is 0 Å². The highest BCUT2D eigenvalue weighted by Gasteiger charge is 2.31. The smallest absolute Gasteiger partial charge is 0.179 e. The molecule has 2 unspecified atom stereocenters. The molecule has 1 aromatic rings. The van der Waals surface area contributed by atoms with E-state index >= 15 is 0 Å². The Hall–Kier alpha value is -0.970. The zero-order valence-corrected chi connectivity index (χ0v) is 10.7. The van der Waals surface area contributed by atoms with E-state index in [9.17, 15) is 5.11 Å². The van der Waals surface area contributed by atoms with Gasteiger partial charge in [0.05, 0.1) is 11.1 Å². The van der Waals surface area contributed by atoms with Gasteiger partial charge in [0.2, 0.25) is 0 Å². The van der Waals surface area contributed by atoms with Crippen LogP contribution in [-0.4, -0.2) is 31.5 Å². The molecule has 1 fully saturated rings. The molecule has 98 valence electrons. The maximum atomic E-state index is 9.34. The lowest BCUT2D eigenvalue weighted by Gasteiger charge is -2.23. The van der Waals surface area contributed by atoms with Crippen molar-refractivity contribution in [2.24, 2.45) is 5.92 Å². The van der Waals surface area contributed by atoms with E-state index in [0.717, 1.165) is 12.0 Å². The molecule has 0 aliphatic carbocycles. The molecule has 0 amide bonds. The van der Waals surface area contributed by atoms with Crippen molar-refractivity contribution in [1.82, 2.24) is 0 Å². The second-order valence-corrected chi connectivity index (χ2v) is 4.96. The Morgan fingerprint density at radius 3 is 2.89 bits per heavy atom. The Bertz CT molecular complexity index is 449. The van der Waals surface area contributed by atoms with Crippen molar-refractivity contribution in [2.45, 2.75) is 12.5 Å². The van der Waals surface area contributed by atoms with Crippen LogP contribution < -0.4 is 9.47 Å². The second kappa shape index (κ2) is 4.96. The first-order valence-corrected chi connectivity index (χ1v) is 6.49. The first kappa shape index (κ1) is 12.1. The zero-order valence-electron chi connectivity index (χ0n) is 9.89. The van der Waals surface area contributed by atoms with Crippen molar-refractivity contribution in [3.05, 3.63) is 22.7 Å². The van der Waals surface area contributed by atoms with Crippen LogP contribution in [0.1, 0.15) is 18.1 Å². The van der Waals surface area contributed by atoms with Gasteiger partial charge in [-0.1, -0.05) is 11.6 Å². The van der Waals surface area contributed by atoms with Gasteiger partial charge in [-0.25, -0.2) is 0 Å². The Morgan fingerprint density at radius 1 is 1.22 bits per heavy atom. The van der Waals surface area contributed by atoms with E-state index in [1.165, 1.54) is 0 Å². The van der Waals surface area contributed by atoms with E-state index < -0.39 is 0 Å². The van der Waals surface area contributed by atoms with Gasteiger partial charge in [0.25, 0.3) is 0 Å². The summed E-state index contributed by atoms with van der Waals surface area (Å²) in [4.78, 5) is 0. The van der Waals surface area contributed by atoms with Crippen LogP contribution in [0.15, 0.2) is 12.1 Å². The van der Waals surface area contributed by atoms with E-state index in [-0.39, 0.29) is 18.6 Å². The first-order valence-electron chi connectivity index (χ1n) is 6.11. The second-order valence-electron chi connectivity index (χ2n) is 4.55. The SMILES string of the molecule is OCC1CCOC1c1cc(Cl)c2c(c1)OCCO2. The summed E-state index contributed by atoms with van der Waals surface area (Å²) in [6.07, 6.45) is 0.760. The van der Waals surface area contributed by atoms with Gasteiger partial charge in [0.15, 0.2) is 11.5 Å². The molecule has 5 heteroatoms. The summed E-state index contributed by atoms with van der Waals surface area (Å²) in [7, 11) is 0. The first-order chi connectivity index (χ1) is 8.79. The lowest BCUT2D eigenvalue weighted by atomic mass is 9.96. The van der Waals surface area contributed by atoms with Crippen molar-refractivity contribution in [3.8, 4) is 11.5 Å². The molecule has 0 bridgehead atoms. The number of hydrogen-bond donors (Lipinski definition) is 1. The van der Waals surface area contributed by atoms with E-state index in [1.807, 2.05) is 12.1 Å². The molecule has 1 N–H and O–H groups in total. The minimum absolute atomic E-state index is 0.108. The third-order valence-corrected chi connectivity index (χ3v) is 3.68. The van der Waals surface area contributed by atoms with Gasteiger partial charge in [0.1, 0.15) is 13.2 Å². The fourth-order valence-electron chi connectivity index (χ4n) is 2.48. The molecule has 0 spiro atoms. The number of hydrogen-bond acceptors (Lipinski definition) is 4. The molecule has 18 heavy (non-hydrogen) atoms. The summed E-state index contributed by atoms with van der Waals surface area (Å²) >= 11 is 6.19. The van der Waals surface area contributed by atoms with Gasteiger partial charge < -0.3 is 19.3 Å². The fourth-order valence-corrected chi connectivity index (χ4v) is 2.76. The predicted octanol–water partition coefficient (Wildman–Crippen LogP) is 2.18. The summed E-state index contributed by atoms with van der Waals surface area (Å²) in [5.74, 6) is 1.39. The maximum Gasteiger partial charge on any atom is 0.179 e. The van der Waals surface area contributed by atoms with Crippen molar-refractivity contribution in [3.63, 3.8) is 0 Å². The van der Waals surface area contributed by atoms with Crippen LogP contribution in [0.25, 0.3) is 0 Å². The molecule has 1 aromatic carbocycles. The van der Waals surface area contributed by atoms with Gasteiger partial charge >= 0.3 is 0 Å². The van der Waals surface area contributed by atoms with Crippen LogP contribution in [0.3, 0.4) is 0 Å². The van der Waals surface area contributed by atoms with Crippen molar-refractivity contribution >= 4 is 11.6 Å². The number of halogens is 1. The highest BCUT2D eigenvalue weighted by molar-refractivity contribution is 6.32. The maximum absolute atomic E-state index is 9.34. The highest BCUT2D eigenvalue weighted by Crippen LogP contribution is 2.43. The predicted molar refractivity (Wildman–Crippen MR) is 66.3 cm³/mol. The van der Waals surface area contributed by atoms with Crippen LogP contribution in [0.5, 0.6) is 11.5 Å². The molecule has 0 aromatic heterocycles.